The van der Waals surface area contributed by atoms with E-state index < -0.39 is 11.7 Å². The van der Waals surface area contributed by atoms with Crippen LogP contribution in [-0.4, -0.2) is 17.7 Å². The lowest BCUT2D eigenvalue weighted by molar-refractivity contribution is 0.0636. The number of benzene rings is 1. The van der Waals surface area contributed by atoms with Gasteiger partial charge in [-0.15, -0.1) is 0 Å². The van der Waals surface area contributed by atoms with Crippen molar-refractivity contribution in [1.29, 1.82) is 0 Å². The lowest BCUT2D eigenvalue weighted by atomic mass is 10.1. The third kappa shape index (κ3) is 5.41. The molecule has 1 aliphatic rings. The van der Waals surface area contributed by atoms with Gasteiger partial charge >= 0.3 is 6.09 Å². The van der Waals surface area contributed by atoms with Crippen LogP contribution < -0.4 is 10.6 Å². The fraction of sp³-hybridized carbons (Fsp3) is 0.611. The van der Waals surface area contributed by atoms with Gasteiger partial charge in [0.05, 0.1) is 5.69 Å². The number of anilines is 2. The van der Waals surface area contributed by atoms with E-state index in [1.54, 1.807) is 26.8 Å². The molecule has 1 aromatic carbocycles. The molecule has 4 nitrogen and oxygen atoms in total. The Labute approximate surface area is 137 Å². The molecular weight excluding hydrogens is 295 g/mol. The zero-order valence-corrected chi connectivity index (χ0v) is 14.4. The molecule has 23 heavy (non-hydrogen) atoms. The van der Waals surface area contributed by atoms with Gasteiger partial charge < -0.3 is 10.1 Å². The highest BCUT2D eigenvalue weighted by molar-refractivity contribution is 5.85. The second-order valence-electron chi connectivity index (χ2n) is 7.25. The Morgan fingerprint density at radius 3 is 2.70 bits per heavy atom. The predicted octanol–water partition coefficient (Wildman–Crippen LogP) is 5.16. The third-order valence-corrected chi connectivity index (χ3v) is 4.09. The molecule has 2 unspecified atom stereocenters. The van der Waals surface area contributed by atoms with E-state index in [4.69, 9.17) is 4.74 Å². The molecule has 1 saturated carbocycles. The van der Waals surface area contributed by atoms with Crippen molar-refractivity contribution in [3.8, 4) is 0 Å². The van der Waals surface area contributed by atoms with Crippen molar-refractivity contribution in [1.82, 2.24) is 0 Å². The molecule has 0 spiro atoms. The normalized spacial score (nSPS) is 21.1. The largest absolute Gasteiger partial charge is 0.444 e. The number of rotatable bonds is 4. The Bertz CT molecular complexity index is 554. The number of halogens is 1. The highest BCUT2D eigenvalue weighted by Gasteiger charge is 2.24. The zero-order valence-electron chi connectivity index (χ0n) is 14.4. The van der Waals surface area contributed by atoms with Crippen LogP contribution in [0.15, 0.2) is 18.2 Å². The first-order valence-corrected chi connectivity index (χ1v) is 8.33. The number of hydrogen-bond donors (Lipinski definition) is 2. The minimum atomic E-state index is -0.565. The smallest absolute Gasteiger partial charge is 0.412 e. The van der Waals surface area contributed by atoms with Crippen molar-refractivity contribution in [3.63, 3.8) is 0 Å². The quantitative estimate of drug-likeness (QED) is 0.804. The summed E-state index contributed by atoms with van der Waals surface area (Å²) in [5, 5.41) is 5.91. The molecule has 2 N–H and O–H groups in total. The van der Waals surface area contributed by atoms with Crippen LogP contribution in [0.1, 0.15) is 53.4 Å². The zero-order chi connectivity index (χ0) is 17.0. The molecule has 1 amide bonds. The van der Waals surface area contributed by atoms with Crippen LogP contribution in [0.4, 0.5) is 20.6 Å². The molecule has 5 heteroatoms. The van der Waals surface area contributed by atoms with E-state index >= 15 is 0 Å². The van der Waals surface area contributed by atoms with Crippen LogP contribution in [0.25, 0.3) is 0 Å². The molecule has 128 valence electrons. The van der Waals surface area contributed by atoms with Gasteiger partial charge in [0.1, 0.15) is 11.4 Å². The lowest BCUT2D eigenvalue weighted by Crippen LogP contribution is -2.27. The van der Waals surface area contributed by atoms with Gasteiger partial charge in [0.25, 0.3) is 0 Å². The van der Waals surface area contributed by atoms with Crippen LogP contribution in [0.2, 0.25) is 0 Å². The van der Waals surface area contributed by atoms with Gasteiger partial charge in [-0.1, -0.05) is 13.3 Å². The van der Waals surface area contributed by atoms with Crippen LogP contribution in [0, 0.1) is 11.7 Å². The maximum absolute atomic E-state index is 14.0. The van der Waals surface area contributed by atoms with Gasteiger partial charge in [-0.25, -0.2) is 9.18 Å². The lowest BCUT2D eigenvalue weighted by Gasteiger charge is -2.20. The van der Waals surface area contributed by atoms with Crippen LogP contribution in [0.3, 0.4) is 0 Å². The number of nitrogens with one attached hydrogen (secondary N) is 2. The maximum atomic E-state index is 14.0. The molecular formula is C18H27FN2O2. The van der Waals surface area contributed by atoms with Gasteiger partial charge in [-0.05, 0) is 64.2 Å². The summed E-state index contributed by atoms with van der Waals surface area (Å²) in [6.07, 6.45) is 3.94. The van der Waals surface area contributed by atoms with Crippen molar-refractivity contribution in [2.75, 3.05) is 10.6 Å². The third-order valence-electron chi connectivity index (χ3n) is 4.09. The van der Waals surface area contributed by atoms with E-state index in [9.17, 15) is 9.18 Å². The van der Waals surface area contributed by atoms with Gasteiger partial charge in [0.15, 0.2) is 0 Å². The predicted molar refractivity (Wildman–Crippen MR) is 91.3 cm³/mol. The second-order valence-corrected chi connectivity index (χ2v) is 7.25. The second kappa shape index (κ2) is 7.20. The van der Waals surface area contributed by atoms with Gasteiger partial charge in [0, 0.05) is 11.7 Å². The highest BCUT2D eigenvalue weighted by atomic mass is 19.1. The Hall–Kier alpha value is -1.78. The van der Waals surface area contributed by atoms with Crippen molar-refractivity contribution < 1.29 is 13.9 Å². The summed E-state index contributed by atoms with van der Waals surface area (Å²) in [6, 6.07) is 4.82. The Balaban J connectivity index is 2.00. The van der Waals surface area contributed by atoms with Crippen molar-refractivity contribution in [2.45, 2.75) is 65.0 Å². The molecule has 0 radical (unpaired) electrons. The molecule has 2 rings (SSSR count). The molecule has 0 aromatic heterocycles. The average molecular weight is 322 g/mol. The van der Waals surface area contributed by atoms with E-state index in [1.807, 2.05) is 0 Å². The molecule has 1 fully saturated rings. The summed E-state index contributed by atoms with van der Waals surface area (Å²) >= 11 is 0. The highest BCUT2D eigenvalue weighted by Crippen LogP contribution is 2.31. The molecule has 0 bridgehead atoms. The summed E-state index contributed by atoms with van der Waals surface area (Å²) in [5.74, 6) is 0.415. The van der Waals surface area contributed by atoms with E-state index in [0.29, 0.717) is 17.4 Å². The van der Waals surface area contributed by atoms with Crippen LogP contribution in [-0.2, 0) is 4.74 Å². The molecule has 0 aliphatic heterocycles. The monoisotopic (exact) mass is 322 g/mol. The molecule has 0 heterocycles. The molecule has 2 atom stereocenters. The van der Waals surface area contributed by atoms with E-state index in [1.165, 1.54) is 25.0 Å². The molecule has 1 aromatic rings. The number of ether oxygens (including phenoxy) is 1. The first kappa shape index (κ1) is 17.6. The summed E-state index contributed by atoms with van der Waals surface area (Å²) in [6.45, 7) is 7.59. The summed E-state index contributed by atoms with van der Waals surface area (Å²) in [4.78, 5) is 11.8. The maximum Gasteiger partial charge on any atom is 0.412 e. The fourth-order valence-corrected chi connectivity index (χ4v) is 2.93. The van der Waals surface area contributed by atoms with Gasteiger partial charge in [0.2, 0.25) is 0 Å². The average Bonchev–Trinajstić information content (AvgIpc) is 2.88. The van der Waals surface area contributed by atoms with E-state index in [2.05, 4.69) is 17.6 Å². The van der Waals surface area contributed by atoms with Crippen LogP contribution in [0.5, 0.6) is 0 Å². The Kier molecular flexibility index (Phi) is 5.50. The fourth-order valence-electron chi connectivity index (χ4n) is 2.93. The van der Waals surface area contributed by atoms with Crippen molar-refractivity contribution in [3.05, 3.63) is 24.0 Å². The van der Waals surface area contributed by atoms with Gasteiger partial charge in [-0.3, -0.25) is 5.32 Å². The minimum Gasteiger partial charge on any atom is -0.444 e. The number of amides is 1. The summed E-state index contributed by atoms with van der Waals surface area (Å²) in [5.41, 5.74) is 0.387. The van der Waals surface area contributed by atoms with Crippen molar-refractivity contribution in [2.24, 2.45) is 5.92 Å². The summed E-state index contributed by atoms with van der Waals surface area (Å²) in [7, 11) is 0. The molecule has 1 aliphatic carbocycles. The first-order valence-electron chi connectivity index (χ1n) is 8.33. The van der Waals surface area contributed by atoms with Gasteiger partial charge in [-0.2, -0.15) is 0 Å². The minimum absolute atomic E-state index is 0.297. The SMILES string of the molecule is CCC1CCC(Nc2cc(NC(=O)OC(C)(C)C)ccc2F)C1. The summed E-state index contributed by atoms with van der Waals surface area (Å²) < 4.78 is 19.2. The Morgan fingerprint density at radius 2 is 2.09 bits per heavy atom. The number of carbonyl (C=O) groups excluding carboxylic acids is 1. The van der Waals surface area contributed by atoms with Crippen molar-refractivity contribution >= 4 is 17.5 Å². The van der Waals surface area contributed by atoms with E-state index in [-0.39, 0.29) is 5.82 Å². The number of hydrogen-bond acceptors (Lipinski definition) is 3. The first-order chi connectivity index (χ1) is 10.8. The van der Waals surface area contributed by atoms with E-state index in [0.717, 1.165) is 18.8 Å². The standard InChI is InChI=1S/C18H27FN2O2/c1-5-12-6-7-13(10-12)20-16-11-14(8-9-15(16)19)21-17(22)23-18(2,3)4/h8-9,11-13,20H,5-7,10H2,1-4H3,(H,21,22). The number of carbonyl (C=O) groups is 1. The Morgan fingerprint density at radius 1 is 1.35 bits per heavy atom. The topological polar surface area (TPSA) is 50.4 Å². The molecule has 0 saturated heterocycles. The van der Waals surface area contributed by atoms with Crippen LogP contribution >= 0.6 is 0 Å².